The molecule has 1 aliphatic carbocycles. The summed E-state index contributed by atoms with van der Waals surface area (Å²) in [4.78, 5) is 2.50. The molecule has 1 heteroatoms. The van der Waals surface area contributed by atoms with Crippen molar-refractivity contribution in [2.24, 2.45) is 0 Å². The number of benzene rings is 8. The van der Waals surface area contributed by atoms with Gasteiger partial charge in [-0.2, -0.15) is 0 Å². The molecule has 9 rings (SSSR count). The molecule has 1 nitrogen and oxygen atoms in total. The second-order valence-corrected chi connectivity index (χ2v) is 14.1. The van der Waals surface area contributed by atoms with Crippen molar-refractivity contribution in [3.05, 3.63) is 211 Å². The normalized spacial score (nSPS) is 12.6. The van der Waals surface area contributed by atoms with Crippen molar-refractivity contribution in [2.45, 2.75) is 19.3 Å². The molecule has 0 amide bonds. The molecule has 0 fully saturated rings. The summed E-state index contributed by atoms with van der Waals surface area (Å²) in [6.45, 7) is 4.75. The van der Waals surface area contributed by atoms with E-state index in [4.69, 9.17) is 0 Å². The Morgan fingerprint density at radius 1 is 0.308 bits per heavy atom. The third-order valence-electron chi connectivity index (χ3n) is 10.7. The van der Waals surface area contributed by atoms with E-state index in [2.05, 4.69) is 219 Å². The molecule has 8 aromatic carbocycles. The number of rotatable bonds is 7. The molecule has 0 saturated carbocycles. The van der Waals surface area contributed by atoms with Gasteiger partial charge in [-0.05, 0) is 85.5 Å². The van der Waals surface area contributed by atoms with Gasteiger partial charge < -0.3 is 4.90 Å². The molecule has 0 N–H and O–H groups in total. The fourth-order valence-corrected chi connectivity index (χ4v) is 8.28. The van der Waals surface area contributed by atoms with Crippen LogP contribution in [0.1, 0.15) is 25.0 Å². The maximum Gasteiger partial charge on any atom is 0.0540 e. The van der Waals surface area contributed by atoms with Crippen molar-refractivity contribution in [1.82, 2.24) is 0 Å². The standard InChI is InChI=1S/C51H39N/c1-51(2)47-29-15-13-26-44(47)46-28-17-31-49(50(46)51)52(39-34-32-37(33-35-39)36-18-5-3-6-19-36)48-30-16-14-27-45(48)43-25-12-11-24-42(43)41-23-10-9-22-40(41)38-20-7-4-8-21-38/h3-35H,1-2H3. The molecule has 0 spiro atoms. The second kappa shape index (κ2) is 13.0. The summed E-state index contributed by atoms with van der Waals surface area (Å²) in [5, 5.41) is 0. The van der Waals surface area contributed by atoms with E-state index in [-0.39, 0.29) is 5.41 Å². The maximum absolute atomic E-state index is 2.50. The lowest BCUT2D eigenvalue weighted by atomic mass is 9.81. The molecule has 0 radical (unpaired) electrons. The lowest BCUT2D eigenvalue weighted by Crippen LogP contribution is -2.21. The molecule has 0 atom stereocenters. The highest BCUT2D eigenvalue weighted by Gasteiger charge is 2.39. The Labute approximate surface area is 307 Å². The van der Waals surface area contributed by atoms with E-state index in [9.17, 15) is 0 Å². The molecule has 0 heterocycles. The van der Waals surface area contributed by atoms with Crippen molar-refractivity contribution in [3.8, 4) is 55.6 Å². The van der Waals surface area contributed by atoms with Crippen LogP contribution in [0.4, 0.5) is 17.1 Å². The molecule has 1 aliphatic rings. The minimum atomic E-state index is -0.188. The molecular weight excluding hydrogens is 627 g/mol. The first kappa shape index (κ1) is 31.5. The average molecular weight is 666 g/mol. The smallest absolute Gasteiger partial charge is 0.0540 e. The fraction of sp³-hybridized carbons (Fsp3) is 0.0588. The number of hydrogen-bond donors (Lipinski definition) is 0. The Kier molecular flexibility index (Phi) is 7.90. The van der Waals surface area contributed by atoms with Crippen molar-refractivity contribution in [3.63, 3.8) is 0 Å². The average Bonchev–Trinajstić information content (AvgIpc) is 3.45. The first-order chi connectivity index (χ1) is 25.6. The molecule has 8 aromatic rings. The highest BCUT2D eigenvalue weighted by molar-refractivity contribution is 5.99. The summed E-state index contributed by atoms with van der Waals surface area (Å²) >= 11 is 0. The number of para-hydroxylation sites is 1. The van der Waals surface area contributed by atoms with Crippen LogP contribution in [-0.4, -0.2) is 0 Å². The van der Waals surface area contributed by atoms with Crippen LogP contribution in [0.5, 0.6) is 0 Å². The van der Waals surface area contributed by atoms with Gasteiger partial charge in [-0.25, -0.2) is 0 Å². The molecular formula is C51H39N. The van der Waals surface area contributed by atoms with E-state index in [1.54, 1.807) is 0 Å². The topological polar surface area (TPSA) is 3.24 Å². The van der Waals surface area contributed by atoms with Crippen LogP contribution in [0.15, 0.2) is 200 Å². The van der Waals surface area contributed by atoms with Gasteiger partial charge in [0.25, 0.3) is 0 Å². The Balaban J connectivity index is 1.28. The molecule has 52 heavy (non-hydrogen) atoms. The fourth-order valence-electron chi connectivity index (χ4n) is 8.28. The first-order valence-corrected chi connectivity index (χ1v) is 18.1. The van der Waals surface area contributed by atoms with E-state index >= 15 is 0 Å². The van der Waals surface area contributed by atoms with Crippen LogP contribution >= 0.6 is 0 Å². The summed E-state index contributed by atoms with van der Waals surface area (Å²) < 4.78 is 0. The SMILES string of the molecule is CC1(C)c2ccccc2-c2cccc(N(c3ccc(-c4ccccc4)cc3)c3ccccc3-c3ccccc3-c3ccccc3-c3ccccc3)c21. The lowest BCUT2D eigenvalue weighted by molar-refractivity contribution is 0.661. The monoisotopic (exact) mass is 665 g/mol. The Bertz CT molecular complexity index is 2530. The predicted octanol–water partition coefficient (Wildman–Crippen LogP) is 14.1. The van der Waals surface area contributed by atoms with E-state index in [0.29, 0.717) is 0 Å². The third-order valence-corrected chi connectivity index (χ3v) is 10.7. The van der Waals surface area contributed by atoms with Gasteiger partial charge in [-0.1, -0.05) is 190 Å². The zero-order valence-electron chi connectivity index (χ0n) is 29.5. The zero-order chi connectivity index (χ0) is 35.1. The van der Waals surface area contributed by atoms with Crippen molar-refractivity contribution in [1.29, 1.82) is 0 Å². The third kappa shape index (κ3) is 5.34. The molecule has 0 unspecified atom stereocenters. The summed E-state index contributed by atoms with van der Waals surface area (Å²) in [6, 6.07) is 72.7. The van der Waals surface area contributed by atoms with Gasteiger partial charge in [0.1, 0.15) is 0 Å². The molecule has 0 aromatic heterocycles. The van der Waals surface area contributed by atoms with Crippen LogP contribution in [0.3, 0.4) is 0 Å². The van der Waals surface area contributed by atoms with E-state index in [0.717, 1.165) is 11.4 Å². The summed E-state index contributed by atoms with van der Waals surface area (Å²) in [6.07, 6.45) is 0. The number of nitrogens with zero attached hydrogens (tertiary/aromatic N) is 1. The van der Waals surface area contributed by atoms with Gasteiger partial charge in [0, 0.05) is 16.7 Å². The minimum Gasteiger partial charge on any atom is -0.310 e. The van der Waals surface area contributed by atoms with Gasteiger partial charge >= 0.3 is 0 Å². The molecule has 0 saturated heterocycles. The van der Waals surface area contributed by atoms with Crippen LogP contribution in [-0.2, 0) is 5.41 Å². The van der Waals surface area contributed by atoms with E-state index in [1.807, 2.05) is 0 Å². The van der Waals surface area contributed by atoms with Gasteiger partial charge in [0.15, 0.2) is 0 Å². The summed E-state index contributed by atoms with van der Waals surface area (Å²) in [7, 11) is 0. The van der Waals surface area contributed by atoms with Gasteiger partial charge in [0.2, 0.25) is 0 Å². The highest BCUT2D eigenvalue weighted by Crippen LogP contribution is 2.55. The predicted molar refractivity (Wildman–Crippen MR) is 220 cm³/mol. The van der Waals surface area contributed by atoms with Gasteiger partial charge in [0.05, 0.1) is 11.4 Å². The Morgan fingerprint density at radius 3 is 1.42 bits per heavy atom. The highest BCUT2D eigenvalue weighted by atomic mass is 15.1. The van der Waals surface area contributed by atoms with E-state index < -0.39 is 0 Å². The van der Waals surface area contributed by atoms with Crippen LogP contribution < -0.4 is 4.90 Å². The van der Waals surface area contributed by atoms with Crippen LogP contribution in [0.2, 0.25) is 0 Å². The lowest BCUT2D eigenvalue weighted by Gasteiger charge is -2.33. The van der Waals surface area contributed by atoms with Crippen LogP contribution in [0, 0.1) is 0 Å². The largest absolute Gasteiger partial charge is 0.310 e. The van der Waals surface area contributed by atoms with Crippen LogP contribution in [0.25, 0.3) is 55.6 Å². The number of fused-ring (bicyclic) bond motifs is 3. The van der Waals surface area contributed by atoms with Crippen molar-refractivity contribution >= 4 is 17.1 Å². The summed E-state index contributed by atoms with van der Waals surface area (Å²) in [5.74, 6) is 0. The number of anilines is 3. The Hall–Kier alpha value is -6.44. The quantitative estimate of drug-likeness (QED) is 0.164. The minimum absolute atomic E-state index is 0.188. The Morgan fingerprint density at radius 2 is 0.750 bits per heavy atom. The maximum atomic E-state index is 2.50. The second-order valence-electron chi connectivity index (χ2n) is 14.1. The molecule has 0 bridgehead atoms. The first-order valence-electron chi connectivity index (χ1n) is 18.1. The van der Waals surface area contributed by atoms with E-state index in [1.165, 1.54) is 72.4 Å². The number of hydrogen-bond acceptors (Lipinski definition) is 1. The van der Waals surface area contributed by atoms with Crippen molar-refractivity contribution < 1.29 is 0 Å². The van der Waals surface area contributed by atoms with Gasteiger partial charge in [-0.3, -0.25) is 0 Å². The molecule has 248 valence electrons. The summed E-state index contributed by atoms with van der Waals surface area (Å²) in [5.41, 5.74) is 18.3. The van der Waals surface area contributed by atoms with Crippen molar-refractivity contribution in [2.75, 3.05) is 4.90 Å². The van der Waals surface area contributed by atoms with Gasteiger partial charge in [-0.15, -0.1) is 0 Å². The molecule has 0 aliphatic heterocycles. The zero-order valence-corrected chi connectivity index (χ0v) is 29.5.